The van der Waals surface area contributed by atoms with Crippen LogP contribution in [-0.2, 0) is 0 Å². The van der Waals surface area contributed by atoms with Crippen molar-refractivity contribution in [3.8, 4) is 0 Å². The zero-order valence-corrected chi connectivity index (χ0v) is 11.6. The van der Waals surface area contributed by atoms with Crippen molar-refractivity contribution < 1.29 is 0 Å². The zero-order chi connectivity index (χ0) is 13.8. The highest BCUT2D eigenvalue weighted by molar-refractivity contribution is 5.60. The summed E-state index contributed by atoms with van der Waals surface area (Å²) in [7, 11) is 0. The van der Waals surface area contributed by atoms with Gasteiger partial charge in [-0.25, -0.2) is 9.97 Å². The SMILES string of the molecule is Cc1ccccc1Nc1cnc(N2CCNCC2)cn1. The Labute approximate surface area is 119 Å². The second kappa shape index (κ2) is 5.88. The van der Waals surface area contributed by atoms with E-state index >= 15 is 0 Å². The Balaban J connectivity index is 1.71. The zero-order valence-electron chi connectivity index (χ0n) is 11.6. The summed E-state index contributed by atoms with van der Waals surface area (Å²) in [5.41, 5.74) is 2.26. The summed E-state index contributed by atoms with van der Waals surface area (Å²) in [5, 5.41) is 6.63. The van der Waals surface area contributed by atoms with Crippen molar-refractivity contribution in [1.29, 1.82) is 0 Å². The molecule has 1 aliphatic rings. The molecule has 1 fully saturated rings. The lowest BCUT2D eigenvalue weighted by Gasteiger charge is -2.28. The molecular weight excluding hydrogens is 250 g/mol. The topological polar surface area (TPSA) is 53.1 Å². The smallest absolute Gasteiger partial charge is 0.149 e. The molecule has 0 atom stereocenters. The van der Waals surface area contributed by atoms with Crippen LogP contribution < -0.4 is 15.5 Å². The van der Waals surface area contributed by atoms with Crippen LogP contribution in [0.2, 0.25) is 0 Å². The molecule has 3 rings (SSSR count). The number of para-hydroxylation sites is 1. The number of aromatic nitrogens is 2. The minimum atomic E-state index is 0.776. The summed E-state index contributed by atoms with van der Waals surface area (Å²) < 4.78 is 0. The fourth-order valence-electron chi connectivity index (χ4n) is 2.29. The van der Waals surface area contributed by atoms with Gasteiger partial charge in [0.1, 0.15) is 11.6 Å². The van der Waals surface area contributed by atoms with Gasteiger partial charge in [0, 0.05) is 31.9 Å². The normalized spacial score (nSPS) is 15.2. The Morgan fingerprint density at radius 3 is 2.60 bits per heavy atom. The molecule has 0 saturated carbocycles. The third-order valence-corrected chi connectivity index (χ3v) is 3.49. The molecule has 0 unspecified atom stereocenters. The lowest BCUT2D eigenvalue weighted by atomic mass is 10.2. The first-order valence-corrected chi connectivity index (χ1v) is 6.93. The number of hydrogen-bond acceptors (Lipinski definition) is 5. The standard InChI is InChI=1S/C15H19N5/c1-12-4-2-3-5-13(12)19-14-10-18-15(11-17-14)20-8-6-16-7-9-20/h2-5,10-11,16H,6-9H2,1H3,(H,17,19). The fraction of sp³-hybridized carbons (Fsp3) is 0.333. The maximum Gasteiger partial charge on any atom is 0.149 e. The molecule has 1 aromatic heterocycles. The summed E-state index contributed by atoms with van der Waals surface area (Å²) in [6.07, 6.45) is 3.63. The molecule has 0 spiro atoms. The molecule has 0 bridgehead atoms. The van der Waals surface area contributed by atoms with E-state index in [9.17, 15) is 0 Å². The highest BCUT2D eigenvalue weighted by atomic mass is 15.2. The van der Waals surface area contributed by atoms with Gasteiger partial charge in [0.25, 0.3) is 0 Å². The lowest BCUT2D eigenvalue weighted by Crippen LogP contribution is -2.43. The van der Waals surface area contributed by atoms with Gasteiger partial charge in [0.05, 0.1) is 12.4 Å². The van der Waals surface area contributed by atoms with Gasteiger partial charge in [-0.3, -0.25) is 0 Å². The number of benzene rings is 1. The summed E-state index contributed by atoms with van der Waals surface area (Å²) >= 11 is 0. The lowest BCUT2D eigenvalue weighted by molar-refractivity contribution is 0.584. The van der Waals surface area contributed by atoms with Gasteiger partial charge in [0.15, 0.2) is 0 Å². The first-order valence-electron chi connectivity index (χ1n) is 6.93. The van der Waals surface area contributed by atoms with Gasteiger partial charge in [-0.2, -0.15) is 0 Å². The number of piperazine rings is 1. The van der Waals surface area contributed by atoms with Crippen molar-refractivity contribution >= 4 is 17.3 Å². The Kier molecular flexibility index (Phi) is 3.78. The monoisotopic (exact) mass is 269 g/mol. The van der Waals surface area contributed by atoms with Crippen LogP contribution >= 0.6 is 0 Å². The number of aryl methyl sites for hydroxylation is 1. The van der Waals surface area contributed by atoms with Crippen LogP contribution in [0, 0.1) is 6.92 Å². The predicted molar refractivity (Wildman–Crippen MR) is 81.6 cm³/mol. The minimum absolute atomic E-state index is 0.776. The number of hydrogen-bond donors (Lipinski definition) is 2. The predicted octanol–water partition coefficient (Wildman–Crippen LogP) is 1.94. The van der Waals surface area contributed by atoms with Gasteiger partial charge in [-0.1, -0.05) is 18.2 Å². The average molecular weight is 269 g/mol. The van der Waals surface area contributed by atoms with Gasteiger partial charge >= 0.3 is 0 Å². The maximum absolute atomic E-state index is 4.50. The highest BCUT2D eigenvalue weighted by Gasteiger charge is 2.11. The Morgan fingerprint density at radius 1 is 1.10 bits per heavy atom. The summed E-state index contributed by atoms with van der Waals surface area (Å²) in [5.74, 6) is 1.72. The average Bonchev–Trinajstić information content (AvgIpc) is 2.51. The molecule has 1 saturated heterocycles. The number of nitrogens with zero attached hydrogens (tertiary/aromatic N) is 3. The molecule has 5 heteroatoms. The molecule has 2 aromatic rings. The van der Waals surface area contributed by atoms with E-state index in [1.165, 1.54) is 5.56 Å². The Bertz CT molecular complexity index is 561. The number of anilines is 3. The van der Waals surface area contributed by atoms with E-state index in [1.807, 2.05) is 24.4 Å². The molecule has 1 aliphatic heterocycles. The number of nitrogens with one attached hydrogen (secondary N) is 2. The van der Waals surface area contributed by atoms with Crippen molar-refractivity contribution in [2.24, 2.45) is 0 Å². The molecule has 2 heterocycles. The van der Waals surface area contributed by atoms with E-state index in [2.05, 4.69) is 38.5 Å². The van der Waals surface area contributed by atoms with Crippen molar-refractivity contribution in [2.45, 2.75) is 6.92 Å². The minimum Gasteiger partial charge on any atom is -0.353 e. The highest BCUT2D eigenvalue weighted by Crippen LogP contribution is 2.19. The van der Waals surface area contributed by atoms with E-state index < -0.39 is 0 Å². The summed E-state index contributed by atoms with van der Waals surface area (Å²) in [4.78, 5) is 11.2. The van der Waals surface area contributed by atoms with Gasteiger partial charge in [0.2, 0.25) is 0 Å². The third kappa shape index (κ3) is 2.88. The van der Waals surface area contributed by atoms with Crippen LogP contribution in [0.1, 0.15) is 5.56 Å². The first kappa shape index (κ1) is 12.9. The molecule has 104 valence electrons. The first-order chi connectivity index (χ1) is 9.83. The van der Waals surface area contributed by atoms with E-state index in [4.69, 9.17) is 0 Å². The van der Waals surface area contributed by atoms with Crippen LogP contribution in [0.4, 0.5) is 17.3 Å². The second-order valence-electron chi connectivity index (χ2n) is 4.94. The molecule has 2 N–H and O–H groups in total. The van der Waals surface area contributed by atoms with Crippen molar-refractivity contribution in [3.05, 3.63) is 42.2 Å². The molecule has 0 amide bonds. The van der Waals surface area contributed by atoms with E-state index in [1.54, 1.807) is 6.20 Å². The van der Waals surface area contributed by atoms with Crippen LogP contribution in [0.15, 0.2) is 36.7 Å². The third-order valence-electron chi connectivity index (χ3n) is 3.49. The molecule has 1 aromatic carbocycles. The van der Waals surface area contributed by atoms with Gasteiger partial charge < -0.3 is 15.5 Å². The Morgan fingerprint density at radius 2 is 1.90 bits per heavy atom. The second-order valence-corrected chi connectivity index (χ2v) is 4.94. The van der Waals surface area contributed by atoms with Crippen LogP contribution in [0.25, 0.3) is 0 Å². The molecular formula is C15H19N5. The fourth-order valence-corrected chi connectivity index (χ4v) is 2.29. The van der Waals surface area contributed by atoms with Gasteiger partial charge in [-0.15, -0.1) is 0 Å². The van der Waals surface area contributed by atoms with Crippen molar-refractivity contribution in [2.75, 3.05) is 36.4 Å². The quantitative estimate of drug-likeness (QED) is 0.892. The van der Waals surface area contributed by atoms with Crippen LogP contribution in [-0.4, -0.2) is 36.1 Å². The molecule has 20 heavy (non-hydrogen) atoms. The maximum atomic E-state index is 4.50. The van der Waals surface area contributed by atoms with E-state index in [0.29, 0.717) is 0 Å². The summed E-state index contributed by atoms with van der Waals surface area (Å²) in [6.45, 7) is 6.05. The number of rotatable bonds is 3. The Hall–Kier alpha value is -2.14. The molecule has 0 aliphatic carbocycles. The summed E-state index contributed by atoms with van der Waals surface area (Å²) in [6, 6.07) is 8.16. The molecule has 0 radical (unpaired) electrons. The van der Waals surface area contributed by atoms with E-state index in [-0.39, 0.29) is 0 Å². The van der Waals surface area contributed by atoms with Crippen LogP contribution in [0.5, 0.6) is 0 Å². The van der Waals surface area contributed by atoms with Gasteiger partial charge in [-0.05, 0) is 18.6 Å². The van der Waals surface area contributed by atoms with E-state index in [0.717, 1.165) is 43.5 Å². The van der Waals surface area contributed by atoms with Crippen molar-refractivity contribution in [1.82, 2.24) is 15.3 Å². The molecule has 5 nitrogen and oxygen atoms in total. The van der Waals surface area contributed by atoms with Crippen LogP contribution in [0.3, 0.4) is 0 Å². The van der Waals surface area contributed by atoms with Crippen molar-refractivity contribution in [3.63, 3.8) is 0 Å². The largest absolute Gasteiger partial charge is 0.353 e.